The fourth-order valence-electron chi connectivity index (χ4n) is 1.26. The van der Waals surface area contributed by atoms with Gasteiger partial charge in [0.2, 0.25) is 0 Å². The number of oxazole rings is 1. The van der Waals surface area contributed by atoms with Gasteiger partial charge in [-0.05, 0) is 7.05 Å². The standard InChI is InChI=1S/C10H17N3O2.2ClH/c1-4-8-9(12-7-15-8)10(14)13(3)6-5-11-2;;/h7,11H,4-6H2,1-3H3;2*1H. The molecule has 1 heterocycles. The summed E-state index contributed by atoms with van der Waals surface area (Å²) >= 11 is 0. The SMILES string of the molecule is CCc1ocnc1C(=O)N(C)CCNC.Cl.Cl. The molecule has 0 saturated heterocycles. The quantitative estimate of drug-likeness (QED) is 0.887. The molecular formula is C10H19Cl2N3O2. The van der Waals surface area contributed by atoms with Crippen LogP contribution in [0.3, 0.4) is 0 Å². The lowest BCUT2D eigenvalue weighted by Crippen LogP contribution is -2.33. The molecule has 1 amide bonds. The number of nitrogens with zero attached hydrogens (tertiary/aromatic N) is 2. The summed E-state index contributed by atoms with van der Waals surface area (Å²) in [6, 6.07) is 0. The van der Waals surface area contributed by atoms with Crippen LogP contribution in [0.4, 0.5) is 0 Å². The second kappa shape index (κ2) is 9.27. The minimum atomic E-state index is -0.0872. The number of amides is 1. The fraction of sp³-hybridized carbons (Fsp3) is 0.600. The summed E-state index contributed by atoms with van der Waals surface area (Å²) in [5.74, 6) is 0.562. The number of nitrogens with one attached hydrogen (secondary N) is 1. The smallest absolute Gasteiger partial charge is 0.275 e. The van der Waals surface area contributed by atoms with Crippen molar-refractivity contribution in [3.05, 3.63) is 17.8 Å². The van der Waals surface area contributed by atoms with Crippen LogP contribution in [-0.2, 0) is 6.42 Å². The lowest BCUT2D eigenvalue weighted by Gasteiger charge is -2.15. The van der Waals surface area contributed by atoms with Crippen LogP contribution in [0.2, 0.25) is 0 Å². The van der Waals surface area contributed by atoms with Gasteiger partial charge in [0.1, 0.15) is 5.76 Å². The minimum absolute atomic E-state index is 0. The number of rotatable bonds is 5. The Morgan fingerprint density at radius 1 is 1.53 bits per heavy atom. The number of likely N-dealkylation sites (N-methyl/N-ethyl adjacent to an activating group) is 2. The third-order valence-corrected chi connectivity index (χ3v) is 2.21. The van der Waals surface area contributed by atoms with E-state index in [1.165, 1.54) is 6.39 Å². The average Bonchev–Trinajstić information content (AvgIpc) is 2.72. The van der Waals surface area contributed by atoms with E-state index in [0.717, 1.165) is 6.54 Å². The third-order valence-electron chi connectivity index (χ3n) is 2.21. The number of carbonyl (C=O) groups is 1. The van der Waals surface area contributed by atoms with Crippen LogP contribution in [0.1, 0.15) is 23.2 Å². The maximum atomic E-state index is 11.9. The largest absolute Gasteiger partial charge is 0.448 e. The predicted molar refractivity (Wildman–Crippen MR) is 71.3 cm³/mol. The van der Waals surface area contributed by atoms with Crippen LogP contribution in [0.25, 0.3) is 0 Å². The number of aryl methyl sites for hydroxylation is 1. The van der Waals surface area contributed by atoms with Crippen molar-refractivity contribution in [2.24, 2.45) is 0 Å². The van der Waals surface area contributed by atoms with Crippen LogP contribution in [0.5, 0.6) is 0 Å². The van der Waals surface area contributed by atoms with Crippen molar-refractivity contribution in [2.45, 2.75) is 13.3 Å². The Kier molecular flexibility index (Phi) is 10.1. The highest BCUT2D eigenvalue weighted by Gasteiger charge is 2.18. The molecule has 0 saturated carbocycles. The number of hydrogen-bond acceptors (Lipinski definition) is 4. The molecule has 100 valence electrons. The molecule has 0 aliphatic rings. The molecule has 0 aliphatic carbocycles. The van der Waals surface area contributed by atoms with Crippen molar-refractivity contribution in [3.8, 4) is 0 Å². The highest BCUT2D eigenvalue weighted by Crippen LogP contribution is 2.09. The highest BCUT2D eigenvalue weighted by atomic mass is 35.5. The van der Waals surface area contributed by atoms with E-state index in [1.54, 1.807) is 11.9 Å². The Bertz CT molecular complexity index is 331. The number of halogens is 2. The normalized spacial score (nSPS) is 9.12. The zero-order chi connectivity index (χ0) is 11.3. The summed E-state index contributed by atoms with van der Waals surface area (Å²) in [5.41, 5.74) is 0.427. The molecule has 0 radical (unpaired) electrons. The average molecular weight is 284 g/mol. The molecule has 1 aromatic heterocycles. The van der Waals surface area contributed by atoms with E-state index in [-0.39, 0.29) is 30.7 Å². The van der Waals surface area contributed by atoms with E-state index >= 15 is 0 Å². The second-order valence-electron chi connectivity index (χ2n) is 3.31. The first-order valence-corrected chi connectivity index (χ1v) is 5.03. The zero-order valence-electron chi connectivity index (χ0n) is 10.2. The van der Waals surface area contributed by atoms with E-state index < -0.39 is 0 Å². The number of aromatic nitrogens is 1. The van der Waals surface area contributed by atoms with Crippen LogP contribution in [0, 0.1) is 0 Å². The Labute approximate surface area is 114 Å². The van der Waals surface area contributed by atoms with Gasteiger partial charge >= 0.3 is 0 Å². The van der Waals surface area contributed by atoms with E-state index in [9.17, 15) is 4.79 Å². The van der Waals surface area contributed by atoms with Gasteiger partial charge in [0, 0.05) is 26.6 Å². The third kappa shape index (κ3) is 4.93. The molecule has 0 spiro atoms. The maximum Gasteiger partial charge on any atom is 0.275 e. The summed E-state index contributed by atoms with van der Waals surface area (Å²) in [4.78, 5) is 17.4. The van der Waals surface area contributed by atoms with E-state index in [2.05, 4.69) is 10.3 Å². The molecule has 0 fully saturated rings. The molecule has 0 unspecified atom stereocenters. The molecule has 0 aliphatic heterocycles. The molecule has 17 heavy (non-hydrogen) atoms. The number of hydrogen-bond donors (Lipinski definition) is 1. The highest BCUT2D eigenvalue weighted by molar-refractivity contribution is 5.93. The molecule has 5 nitrogen and oxygen atoms in total. The Hall–Kier alpha value is -0.780. The monoisotopic (exact) mass is 283 g/mol. The molecule has 0 bridgehead atoms. The number of carbonyl (C=O) groups excluding carboxylic acids is 1. The van der Waals surface area contributed by atoms with Gasteiger partial charge in [-0.3, -0.25) is 4.79 Å². The topological polar surface area (TPSA) is 58.4 Å². The summed E-state index contributed by atoms with van der Waals surface area (Å²) in [7, 11) is 3.61. The van der Waals surface area contributed by atoms with Crippen LogP contribution in [-0.4, -0.2) is 43.0 Å². The van der Waals surface area contributed by atoms with Gasteiger partial charge in [-0.15, -0.1) is 24.8 Å². The molecule has 1 aromatic rings. The van der Waals surface area contributed by atoms with Crippen molar-refractivity contribution < 1.29 is 9.21 Å². The van der Waals surface area contributed by atoms with Crippen molar-refractivity contribution in [1.82, 2.24) is 15.2 Å². The lowest BCUT2D eigenvalue weighted by atomic mass is 10.2. The lowest BCUT2D eigenvalue weighted by molar-refractivity contribution is 0.0789. The van der Waals surface area contributed by atoms with Gasteiger partial charge in [-0.2, -0.15) is 0 Å². The van der Waals surface area contributed by atoms with Crippen molar-refractivity contribution in [3.63, 3.8) is 0 Å². The Morgan fingerprint density at radius 3 is 2.71 bits per heavy atom. The van der Waals surface area contributed by atoms with Gasteiger partial charge < -0.3 is 14.6 Å². The summed E-state index contributed by atoms with van der Waals surface area (Å²) in [6.07, 6.45) is 2.00. The van der Waals surface area contributed by atoms with Gasteiger partial charge in [-0.25, -0.2) is 4.98 Å². The molecule has 1 rings (SSSR count). The molecule has 0 atom stereocenters. The van der Waals surface area contributed by atoms with E-state index in [0.29, 0.717) is 24.4 Å². The van der Waals surface area contributed by atoms with E-state index in [4.69, 9.17) is 4.42 Å². The van der Waals surface area contributed by atoms with Crippen molar-refractivity contribution >= 4 is 30.7 Å². The first-order chi connectivity index (χ1) is 7.20. The van der Waals surface area contributed by atoms with Crippen LogP contribution in [0.15, 0.2) is 10.8 Å². The molecular weight excluding hydrogens is 265 g/mol. The molecule has 1 N–H and O–H groups in total. The van der Waals surface area contributed by atoms with Crippen LogP contribution < -0.4 is 5.32 Å². The Morgan fingerprint density at radius 2 is 2.18 bits per heavy atom. The first kappa shape index (κ1) is 18.6. The van der Waals surface area contributed by atoms with E-state index in [1.807, 2.05) is 14.0 Å². The first-order valence-electron chi connectivity index (χ1n) is 5.03. The minimum Gasteiger partial charge on any atom is -0.448 e. The van der Waals surface area contributed by atoms with Gasteiger partial charge in [-0.1, -0.05) is 6.92 Å². The summed E-state index contributed by atoms with van der Waals surface area (Å²) < 4.78 is 5.12. The van der Waals surface area contributed by atoms with Gasteiger partial charge in [0.15, 0.2) is 12.1 Å². The molecule has 7 heteroatoms. The van der Waals surface area contributed by atoms with Crippen molar-refractivity contribution in [2.75, 3.05) is 27.2 Å². The molecule has 0 aromatic carbocycles. The Balaban J connectivity index is 0. The second-order valence-corrected chi connectivity index (χ2v) is 3.31. The van der Waals surface area contributed by atoms with Crippen molar-refractivity contribution in [1.29, 1.82) is 0 Å². The van der Waals surface area contributed by atoms with Gasteiger partial charge in [0.25, 0.3) is 5.91 Å². The maximum absolute atomic E-state index is 11.9. The fourth-order valence-corrected chi connectivity index (χ4v) is 1.26. The van der Waals surface area contributed by atoms with Gasteiger partial charge in [0.05, 0.1) is 0 Å². The predicted octanol–water partition coefficient (Wildman–Crippen LogP) is 1.37. The van der Waals surface area contributed by atoms with Crippen LogP contribution >= 0.6 is 24.8 Å². The summed E-state index contributed by atoms with van der Waals surface area (Å²) in [6.45, 7) is 3.36. The zero-order valence-corrected chi connectivity index (χ0v) is 11.9. The summed E-state index contributed by atoms with van der Waals surface area (Å²) in [5, 5.41) is 2.99.